The van der Waals surface area contributed by atoms with Crippen LogP contribution >= 0.6 is 0 Å². The summed E-state index contributed by atoms with van der Waals surface area (Å²) in [6, 6.07) is 6.24. The summed E-state index contributed by atoms with van der Waals surface area (Å²) in [5, 5.41) is -4.99. The SMILES string of the molecule is COC(=O)[C@@H]1C(c2ccc(N(C)C)cc2)[C@H](C(=O)OC)S(=O)(=O)CS1(=O)=O. The Kier molecular flexibility index (Phi) is 5.85. The molecule has 1 fully saturated rings. The van der Waals surface area contributed by atoms with Crippen LogP contribution in [-0.2, 0) is 38.7 Å². The van der Waals surface area contributed by atoms with Gasteiger partial charge >= 0.3 is 11.9 Å². The molecule has 0 amide bonds. The van der Waals surface area contributed by atoms with E-state index in [0.29, 0.717) is 0 Å². The first-order valence-electron chi connectivity index (χ1n) is 7.82. The summed E-state index contributed by atoms with van der Waals surface area (Å²) in [6.45, 7) is 0. The van der Waals surface area contributed by atoms with E-state index in [1.165, 1.54) is 12.1 Å². The molecule has 11 heteroatoms. The van der Waals surface area contributed by atoms with Gasteiger partial charge in [-0.05, 0) is 17.7 Å². The van der Waals surface area contributed by atoms with E-state index in [4.69, 9.17) is 0 Å². The van der Waals surface area contributed by atoms with Crippen LogP contribution in [0.5, 0.6) is 0 Å². The normalized spacial score (nSPS) is 26.0. The maximum atomic E-state index is 12.6. The molecule has 3 atom stereocenters. The van der Waals surface area contributed by atoms with Crippen LogP contribution in [0.2, 0.25) is 0 Å². The second kappa shape index (κ2) is 7.47. The Bertz CT molecular complexity index is 883. The maximum absolute atomic E-state index is 12.6. The third kappa shape index (κ3) is 3.93. The van der Waals surface area contributed by atoms with Gasteiger partial charge in [0.05, 0.1) is 14.2 Å². The van der Waals surface area contributed by atoms with Gasteiger partial charge in [0.15, 0.2) is 35.3 Å². The van der Waals surface area contributed by atoms with Gasteiger partial charge in [0, 0.05) is 25.7 Å². The summed E-state index contributed by atoms with van der Waals surface area (Å²) in [4.78, 5) is 26.3. The molecule has 1 aromatic rings. The van der Waals surface area contributed by atoms with Gasteiger partial charge in [-0.1, -0.05) is 12.1 Å². The zero-order valence-corrected chi connectivity index (χ0v) is 16.9. The summed E-state index contributed by atoms with van der Waals surface area (Å²) in [6.07, 6.45) is 0. The van der Waals surface area contributed by atoms with E-state index >= 15 is 0 Å². The molecule has 1 unspecified atom stereocenters. The first-order chi connectivity index (χ1) is 12.5. The molecule has 0 aromatic heterocycles. The van der Waals surface area contributed by atoms with Crippen molar-refractivity contribution in [2.45, 2.75) is 16.4 Å². The Morgan fingerprint density at radius 3 is 1.63 bits per heavy atom. The van der Waals surface area contributed by atoms with Crippen LogP contribution in [0.4, 0.5) is 5.69 Å². The fraction of sp³-hybridized carbons (Fsp3) is 0.500. The summed E-state index contributed by atoms with van der Waals surface area (Å²) in [5.74, 6) is -3.73. The van der Waals surface area contributed by atoms with Crippen molar-refractivity contribution in [1.29, 1.82) is 0 Å². The van der Waals surface area contributed by atoms with Crippen molar-refractivity contribution in [3.8, 4) is 0 Å². The van der Waals surface area contributed by atoms with E-state index in [-0.39, 0.29) is 5.56 Å². The molecule has 150 valence electrons. The van der Waals surface area contributed by atoms with Gasteiger partial charge in [-0.15, -0.1) is 0 Å². The van der Waals surface area contributed by atoms with Crippen molar-refractivity contribution in [2.24, 2.45) is 0 Å². The Hall–Kier alpha value is -2.14. The Morgan fingerprint density at radius 2 is 1.30 bits per heavy atom. The van der Waals surface area contributed by atoms with Gasteiger partial charge in [-0.3, -0.25) is 9.59 Å². The first-order valence-corrected chi connectivity index (χ1v) is 11.3. The van der Waals surface area contributed by atoms with E-state index in [9.17, 15) is 26.4 Å². The Balaban J connectivity index is 2.74. The van der Waals surface area contributed by atoms with Gasteiger partial charge in [-0.2, -0.15) is 0 Å². The van der Waals surface area contributed by atoms with Crippen molar-refractivity contribution in [1.82, 2.24) is 0 Å². The number of anilines is 1. The highest BCUT2D eigenvalue weighted by atomic mass is 32.3. The number of carbonyl (C=O) groups is 2. The average molecular weight is 419 g/mol. The lowest BCUT2D eigenvalue weighted by Crippen LogP contribution is -2.55. The van der Waals surface area contributed by atoms with Crippen LogP contribution in [0, 0.1) is 0 Å². The Morgan fingerprint density at radius 1 is 0.889 bits per heavy atom. The fourth-order valence-electron chi connectivity index (χ4n) is 3.14. The quantitative estimate of drug-likeness (QED) is 0.606. The lowest BCUT2D eigenvalue weighted by atomic mass is 9.91. The smallest absolute Gasteiger partial charge is 0.324 e. The van der Waals surface area contributed by atoms with Gasteiger partial charge in [-0.25, -0.2) is 16.8 Å². The molecule has 9 nitrogen and oxygen atoms in total. The molecule has 0 N–H and O–H groups in total. The summed E-state index contributed by atoms with van der Waals surface area (Å²) < 4.78 is 59.5. The van der Waals surface area contributed by atoms with E-state index in [1.807, 2.05) is 0 Å². The van der Waals surface area contributed by atoms with Crippen LogP contribution in [0.15, 0.2) is 24.3 Å². The fourth-order valence-corrected chi connectivity index (χ4v) is 8.55. The largest absolute Gasteiger partial charge is 0.468 e. The summed E-state index contributed by atoms with van der Waals surface area (Å²) in [5.41, 5.74) is 0.975. The topological polar surface area (TPSA) is 124 Å². The molecule has 0 aliphatic carbocycles. The molecular formula is C16H21NO8S2. The van der Waals surface area contributed by atoms with Gasteiger partial charge < -0.3 is 14.4 Å². The average Bonchev–Trinajstić information content (AvgIpc) is 2.58. The molecule has 1 aromatic carbocycles. The van der Waals surface area contributed by atoms with Crippen LogP contribution < -0.4 is 4.90 Å². The second-order valence-corrected chi connectivity index (χ2v) is 11.0. The molecular weight excluding hydrogens is 398 g/mol. The highest BCUT2D eigenvalue weighted by Gasteiger charge is 2.58. The molecule has 0 spiro atoms. The van der Waals surface area contributed by atoms with Gasteiger partial charge in [0.2, 0.25) is 0 Å². The molecule has 2 rings (SSSR count). The minimum Gasteiger partial charge on any atom is -0.468 e. The number of benzene rings is 1. The second-order valence-electron chi connectivity index (χ2n) is 6.34. The van der Waals surface area contributed by atoms with Gasteiger partial charge in [0.25, 0.3) is 0 Å². The third-order valence-electron chi connectivity index (χ3n) is 4.42. The number of methoxy groups -OCH3 is 2. The predicted octanol–water partition coefficient (Wildman–Crippen LogP) is -0.280. The van der Waals surface area contributed by atoms with Crippen molar-refractivity contribution >= 4 is 37.3 Å². The number of rotatable bonds is 4. The lowest BCUT2D eigenvalue weighted by Gasteiger charge is -2.34. The number of nitrogens with zero attached hydrogens (tertiary/aromatic N) is 1. The summed E-state index contributed by atoms with van der Waals surface area (Å²) >= 11 is 0. The lowest BCUT2D eigenvalue weighted by molar-refractivity contribution is -0.142. The first kappa shape index (κ1) is 21.2. The monoisotopic (exact) mass is 419 g/mol. The van der Waals surface area contributed by atoms with Crippen LogP contribution in [-0.4, -0.2) is 72.7 Å². The number of hydrogen-bond acceptors (Lipinski definition) is 9. The molecule has 0 radical (unpaired) electrons. The molecule has 27 heavy (non-hydrogen) atoms. The maximum Gasteiger partial charge on any atom is 0.324 e. The van der Waals surface area contributed by atoms with Crippen LogP contribution in [0.25, 0.3) is 0 Å². The highest BCUT2D eigenvalue weighted by molar-refractivity contribution is 8.10. The zero-order valence-electron chi connectivity index (χ0n) is 15.3. The van der Waals surface area contributed by atoms with Crippen molar-refractivity contribution < 1.29 is 35.9 Å². The number of carbonyl (C=O) groups excluding carboxylic acids is 2. The standard InChI is InChI=1S/C16H21NO8S2/c1-17(2)11-7-5-10(6-8-11)12-13(15(18)24-3)26(20,21)9-27(22,23)14(12)16(19)25-4/h5-8,12-14H,9H2,1-4H3/t12?,13-,14+. The van der Waals surface area contributed by atoms with E-state index < -0.39 is 53.1 Å². The molecule has 1 heterocycles. The zero-order chi connectivity index (χ0) is 20.6. The number of hydrogen-bond donors (Lipinski definition) is 0. The van der Waals surface area contributed by atoms with Gasteiger partial charge in [0.1, 0.15) is 0 Å². The van der Waals surface area contributed by atoms with Crippen molar-refractivity contribution in [2.75, 3.05) is 38.3 Å². The van der Waals surface area contributed by atoms with Crippen molar-refractivity contribution in [3.63, 3.8) is 0 Å². The number of sulfone groups is 2. The Labute approximate surface area is 158 Å². The van der Waals surface area contributed by atoms with E-state index in [1.54, 1.807) is 31.1 Å². The van der Waals surface area contributed by atoms with E-state index in [0.717, 1.165) is 19.9 Å². The predicted molar refractivity (Wildman–Crippen MR) is 97.8 cm³/mol. The minimum absolute atomic E-state index is 0.207. The summed E-state index contributed by atoms with van der Waals surface area (Å²) in [7, 11) is -3.26. The number of ether oxygens (including phenoxy) is 2. The molecule has 1 aliphatic heterocycles. The van der Waals surface area contributed by atoms with Crippen LogP contribution in [0.1, 0.15) is 11.5 Å². The van der Waals surface area contributed by atoms with Crippen LogP contribution in [0.3, 0.4) is 0 Å². The number of esters is 2. The van der Waals surface area contributed by atoms with E-state index in [2.05, 4.69) is 9.47 Å². The third-order valence-corrected chi connectivity index (χ3v) is 9.56. The molecule has 1 aliphatic rings. The highest BCUT2D eigenvalue weighted by Crippen LogP contribution is 2.39. The van der Waals surface area contributed by atoms with Crippen molar-refractivity contribution in [3.05, 3.63) is 29.8 Å². The molecule has 0 bridgehead atoms. The molecule has 1 saturated heterocycles. The minimum atomic E-state index is -4.42. The molecule has 0 saturated carbocycles.